The molecule has 2 aromatic heterocycles. The molecule has 0 atom stereocenters. The van der Waals surface area contributed by atoms with Crippen molar-refractivity contribution >= 4 is 33.7 Å². The van der Waals surface area contributed by atoms with E-state index >= 15 is 0 Å². The van der Waals surface area contributed by atoms with E-state index in [4.69, 9.17) is 4.74 Å². The van der Waals surface area contributed by atoms with Crippen molar-refractivity contribution in [3.8, 4) is 5.75 Å². The fourth-order valence-corrected chi connectivity index (χ4v) is 5.45. The highest BCUT2D eigenvalue weighted by atomic mass is 32.1. The van der Waals surface area contributed by atoms with Crippen molar-refractivity contribution in [2.24, 2.45) is 0 Å². The van der Waals surface area contributed by atoms with Gasteiger partial charge in [-0.05, 0) is 24.3 Å². The van der Waals surface area contributed by atoms with E-state index in [-0.39, 0.29) is 17.0 Å². The van der Waals surface area contributed by atoms with Gasteiger partial charge in [-0.15, -0.1) is 11.3 Å². The number of ketones is 1. The average molecular weight is 441 g/mol. The van der Waals surface area contributed by atoms with Crippen LogP contribution in [0.3, 0.4) is 0 Å². The smallest absolute Gasteiger partial charge is 0.331 e. The minimum atomic E-state index is -0.304. The van der Waals surface area contributed by atoms with E-state index in [1.807, 2.05) is 12.1 Å². The number of carbonyl (C=O) groups excluding carboxylic acids is 1. The Morgan fingerprint density at radius 2 is 1.71 bits per heavy atom. The van der Waals surface area contributed by atoms with Crippen LogP contribution in [0.1, 0.15) is 16.1 Å². The van der Waals surface area contributed by atoms with Gasteiger partial charge in [0.25, 0.3) is 5.56 Å². The molecule has 4 heterocycles. The lowest BCUT2D eigenvalue weighted by Crippen LogP contribution is -2.49. The van der Waals surface area contributed by atoms with Gasteiger partial charge in [0.15, 0.2) is 5.78 Å². The number of rotatable bonds is 5. The Labute approximate surface area is 182 Å². The number of piperazine rings is 1. The lowest BCUT2D eigenvalue weighted by molar-refractivity contribution is 0.0976. The number of aromatic nitrogens is 2. The zero-order valence-electron chi connectivity index (χ0n) is 17.4. The van der Waals surface area contributed by atoms with Gasteiger partial charge in [0, 0.05) is 63.3 Å². The van der Waals surface area contributed by atoms with Gasteiger partial charge in [-0.1, -0.05) is 0 Å². The van der Waals surface area contributed by atoms with Crippen LogP contribution < -0.4 is 20.9 Å². The Balaban J connectivity index is 1.28. The third-order valence-corrected chi connectivity index (χ3v) is 7.25. The van der Waals surface area contributed by atoms with Crippen LogP contribution in [-0.4, -0.2) is 59.7 Å². The van der Waals surface area contributed by atoms with Crippen LogP contribution in [-0.2, 0) is 13.1 Å². The molecule has 8 nitrogen and oxygen atoms in total. The normalized spacial score (nSPS) is 16.8. The van der Waals surface area contributed by atoms with Gasteiger partial charge in [-0.2, -0.15) is 0 Å². The number of nitrogens with zero attached hydrogens (tertiary/aromatic N) is 4. The number of anilines is 1. The molecule has 9 heteroatoms. The zero-order valence-corrected chi connectivity index (χ0v) is 18.2. The first-order valence-corrected chi connectivity index (χ1v) is 11.3. The van der Waals surface area contributed by atoms with E-state index in [0.717, 1.165) is 31.9 Å². The van der Waals surface area contributed by atoms with E-state index < -0.39 is 0 Å². The van der Waals surface area contributed by atoms with E-state index in [9.17, 15) is 14.4 Å². The number of methoxy groups -OCH3 is 1. The zero-order chi connectivity index (χ0) is 21.5. The van der Waals surface area contributed by atoms with E-state index in [0.29, 0.717) is 41.8 Å². The molecule has 0 N–H and O–H groups in total. The second kappa shape index (κ2) is 7.97. The number of ether oxygens (including phenoxy) is 1. The third-order valence-electron chi connectivity index (χ3n) is 6.24. The summed E-state index contributed by atoms with van der Waals surface area (Å²) in [6.45, 7) is 4.87. The highest BCUT2D eigenvalue weighted by molar-refractivity contribution is 7.13. The van der Waals surface area contributed by atoms with Crippen molar-refractivity contribution < 1.29 is 9.53 Å². The molecule has 0 radical (unpaired) electrons. The van der Waals surface area contributed by atoms with Crippen molar-refractivity contribution in [3.05, 3.63) is 55.4 Å². The van der Waals surface area contributed by atoms with E-state index in [1.54, 1.807) is 17.1 Å². The molecule has 0 amide bonds. The molecular formula is C22H24N4O4S. The maximum atomic E-state index is 13.0. The molecule has 1 fully saturated rings. The highest BCUT2D eigenvalue weighted by Crippen LogP contribution is 2.27. The highest BCUT2D eigenvalue weighted by Gasteiger charge is 2.26. The fraction of sp³-hybridized carbons (Fsp3) is 0.409. The first-order valence-electron chi connectivity index (χ1n) is 10.5. The second-order valence-electron chi connectivity index (χ2n) is 7.92. The minimum absolute atomic E-state index is 0.0197. The van der Waals surface area contributed by atoms with Gasteiger partial charge >= 0.3 is 5.69 Å². The molecule has 2 aliphatic heterocycles. The minimum Gasteiger partial charge on any atom is -0.497 e. The van der Waals surface area contributed by atoms with Crippen molar-refractivity contribution in [1.82, 2.24) is 14.0 Å². The molecule has 162 valence electrons. The van der Waals surface area contributed by atoms with Gasteiger partial charge in [0.2, 0.25) is 0 Å². The second-order valence-corrected chi connectivity index (χ2v) is 8.80. The fourth-order valence-electron chi connectivity index (χ4n) is 4.44. The molecule has 0 bridgehead atoms. The maximum Gasteiger partial charge on any atom is 0.331 e. The topological polar surface area (TPSA) is 76.8 Å². The van der Waals surface area contributed by atoms with Crippen molar-refractivity contribution in [2.75, 3.05) is 44.7 Å². The largest absolute Gasteiger partial charge is 0.497 e. The Morgan fingerprint density at radius 3 is 2.42 bits per heavy atom. The molecule has 1 saturated heterocycles. The molecule has 3 aromatic rings. The van der Waals surface area contributed by atoms with Crippen LogP contribution in [0, 0.1) is 0 Å². The van der Waals surface area contributed by atoms with Crippen molar-refractivity contribution in [2.45, 2.75) is 19.5 Å². The number of Topliss-reactive ketones (excluding diaryl/α,β-unsaturated/α-hetero) is 1. The monoisotopic (exact) mass is 440 g/mol. The number of hydrogen-bond donors (Lipinski definition) is 0. The predicted octanol–water partition coefficient (Wildman–Crippen LogP) is 1.64. The number of benzene rings is 1. The maximum absolute atomic E-state index is 13.0. The summed E-state index contributed by atoms with van der Waals surface area (Å²) < 4.78 is 8.16. The lowest BCUT2D eigenvalue weighted by Gasteiger charge is -2.36. The van der Waals surface area contributed by atoms with Gasteiger partial charge in [0.05, 0.1) is 22.9 Å². The van der Waals surface area contributed by atoms with Crippen LogP contribution >= 0.6 is 11.3 Å². The molecule has 2 aliphatic rings. The summed E-state index contributed by atoms with van der Waals surface area (Å²) in [5.74, 6) is 0.864. The lowest BCUT2D eigenvalue weighted by atomic mass is 10.1. The summed E-state index contributed by atoms with van der Waals surface area (Å²) in [6.07, 6.45) is 0.314. The van der Waals surface area contributed by atoms with E-state index in [2.05, 4.69) is 21.9 Å². The number of thiophene rings is 1. The van der Waals surface area contributed by atoms with Crippen LogP contribution in [0.15, 0.2) is 39.2 Å². The Hall–Kier alpha value is -2.91. The van der Waals surface area contributed by atoms with Crippen LogP contribution in [0.5, 0.6) is 5.75 Å². The van der Waals surface area contributed by atoms with Crippen LogP contribution in [0.2, 0.25) is 0 Å². The summed E-state index contributed by atoms with van der Waals surface area (Å²) in [6, 6.07) is 8.06. The predicted molar refractivity (Wildman–Crippen MR) is 121 cm³/mol. The van der Waals surface area contributed by atoms with Crippen LogP contribution in [0.4, 0.5) is 5.69 Å². The standard InChI is InChI=1S/C22H24N4O4S/c1-30-16-4-2-15(3-5-16)24-11-8-23(9-12-24)10-13-26-21(28)17-14-31-20-18(27)6-7-25(19(17)20)22(26)29/h2-5,14H,6-13H2,1H3. The summed E-state index contributed by atoms with van der Waals surface area (Å²) >= 11 is 1.27. The first-order chi connectivity index (χ1) is 15.1. The summed E-state index contributed by atoms with van der Waals surface area (Å²) in [7, 11) is 1.66. The Bertz CT molecular complexity index is 1250. The quantitative estimate of drug-likeness (QED) is 0.600. The van der Waals surface area contributed by atoms with E-state index in [1.165, 1.54) is 21.6 Å². The van der Waals surface area contributed by atoms with Crippen molar-refractivity contribution in [1.29, 1.82) is 0 Å². The molecule has 0 saturated carbocycles. The summed E-state index contributed by atoms with van der Waals surface area (Å²) in [5.41, 5.74) is 1.11. The van der Waals surface area contributed by atoms with Crippen molar-refractivity contribution in [3.63, 3.8) is 0 Å². The number of carbonyl (C=O) groups is 1. The summed E-state index contributed by atoms with van der Waals surface area (Å²) in [4.78, 5) is 43.2. The Kier molecular flexibility index (Phi) is 5.15. The molecule has 0 aliphatic carbocycles. The molecule has 0 spiro atoms. The molecule has 1 aromatic carbocycles. The molecule has 5 rings (SSSR count). The average Bonchev–Trinajstić information content (AvgIpc) is 3.25. The van der Waals surface area contributed by atoms with Gasteiger partial charge in [0.1, 0.15) is 5.75 Å². The first kappa shape index (κ1) is 20.0. The van der Waals surface area contributed by atoms with Crippen LogP contribution in [0.25, 0.3) is 10.9 Å². The SMILES string of the molecule is COc1ccc(N2CCN(CCn3c(=O)c4csc5c4n(c3=O)CCC5=O)CC2)cc1. The summed E-state index contributed by atoms with van der Waals surface area (Å²) in [5, 5.41) is 2.20. The molecule has 0 unspecified atom stereocenters. The molecular weight excluding hydrogens is 416 g/mol. The Morgan fingerprint density at radius 1 is 0.968 bits per heavy atom. The third kappa shape index (κ3) is 3.47. The number of aryl methyl sites for hydroxylation is 1. The van der Waals surface area contributed by atoms with Gasteiger partial charge in [-0.3, -0.25) is 23.6 Å². The number of hydrogen-bond acceptors (Lipinski definition) is 7. The van der Waals surface area contributed by atoms with Gasteiger partial charge < -0.3 is 9.64 Å². The van der Waals surface area contributed by atoms with Gasteiger partial charge in [-0.25, -0.2) is 4.79 Å². The molecule has 31 heavy (non-hydrogen) atoms.